The molecule has 1 amide bonds. The van der Waals surface area contributed by atoms with E-state index < -0.39 is 17.2 Å². The predicted molar refractivity (Wildman–Crippen MR) is 137 cm³/mol. The molecule has 3 rings (SSSR count). The molecule has 0 bridgehead atoms. The lowest BCUT2D eigenvalue weighted by atomic mass is 10.1. The van der Waals surface area contributed by atoms with Crippen molar-refractivity contribution >= 4 is 23.0 Å². The molecule has 2 aromatic heterocycles. The Kier molecular flexibility index (Phi) is 8.84. The van der Waals surface area contributed by atoms with E-state index in [-0.39, 0.29) is 18.2 Å². The first-order valence-electron chi connectivity index (χ1n) is 12.3. The average molecular weight is 498 g/mol. The van der Waals surface area contributed by atoms with Crippen LogP contribution in [0.3, 0.4) is 0 Å². The van der Waals surface area contributed by atoms with Crippen molar-refractivity contribution in [1.82, 2.24) is 24.0 Å². The number of nitrogens with zero attached hydrogens (tertiary/aromatic N) is 4. The van der Waals surface area contributed by atoms with Crippen LogP contribution < -0.4 is 11.2 Å². The minimum absolute atomic E-state index is 0.0764. The van der Waals surface area contributed by atoms with Gasteiger partial charge in [0.15, 0.2) is 11.2 Å². The van der Waals surface area contributed by atoms with Gasteiger partial charge in [-0.3, -0.25) is 19.1 Å². The molecule has 0 aliphatic rings. The van der Waals surface area contributed by atoms with Crippen molar-refractivity contribution in [2.75, 3.05) is 14.2 Å². The van der Waals surface area contributed by atoms with Gasteiger partial charge in [0, 0.05) is 39.5 Å². The van der Waals surface area contributed by atoms with Crippen LogP contribution >= 0.6 is 0 Å². The third kappa shape index (κ3) is 6.10. The van der Waals surface area contributed by atoms with Gasteiger partial charge in [-0.1, -0.05) is 39.3 Å². The molecule has 3 aromatic rings. The van der Waals surface area contributed by atoms with Gasteiger partial charge in [0.05, 0.1) is 12.7 Å². The molecule has 0 spiro atoms. The lowest BCUT2D eigenvalue weighted by Crippen LogP contribution is -2.31. The maximum absolute atomic E-state index is 12.9. The Balaban J connectivity index is 1.81. The molecule has 0 saturated heterocycles. The summed E-state index contributed by atoms with van der Waals surface area (Å²) in [6.07, 6.45) is 2.23. The number of hydrogen-bond acceptors (Lipinski definition) is 6. The van der Waals surface area contributed by atoms with Crippen molar-refractivity contribution in [3.8, 4) is 0 Å². The number of aryl methyl sites for hydroxylation is 2. The lowest BCUT2D eigenvalue weighted by Gasteiger charge is -2.18. The summed E-state index contributed by atoms with van der Waals surface area (Å²) in [6, 6.07) is 6.92. The van der Waals surface area contributed by atoms with Crippen molar-refractivity contribution in [3.05, 3.63) is 62.1 Å². The van der Waals surface area contributed by atoms with Crippen LogP contribution in [0, 0.1) is 5.92 Å². The first kappa shape index (κ1) is 26.9. The minimum Gasteiger partial charge on any atom is -0.465 e. The highest BCUT2D eigenvalue weighted by molar-refractivity contribution is 5.89. The van der Waals surface area contributed by atoms with Crippen molar-refractivity contribution < 1.29 is 14.3 Å². The van der Waals surface area contributed by atoms with Gasteiger partial charge in [-0.05, 0) is 30.0 Å². The third-order valence-electron chi connectivity index (χ3n) is 6.03. The molecule has 0 radical (unpaired) electrons. The van der Waals surface area contributed by atoms with Gasteiger partial charge in [0.2, 0.25) is 5.91 Å². The molecule has 0 aliphatic heterocycles. The lowest BCUT2D eigenvalue weighted by molar-refractivity contribution is -0.130. The van der Waals surface area contributed by atoms with Crippen LogP contribution in [0.5, 0.6) is 0 Å². The Morgan fingerprint density at radius 3 is 2.44 bits per heavy atom. The average Bonchev–Trinajstić information content (AvgIpc) is 3.20. The second-order valence-electron chi connectivity index (χ2n) is 9.41. The van der Waals surface area contributed by atoms with E-state index in [0.717, 1.165) is 18.4 Å². The summed E-state index contributed by atoms with van der Waals surface area (Å²) in [4.78, 5) is 58.5. The molecule has 194 valence electrons. The van der Waals surface area contributed by atoms with Gasteiger partial charge in [-0.2, -0.15) is 0 Å². The van der Waals surface area contributed by atoms with Crippen molar-refractivity contribution in [2.24, 2.45) is 5.92 Å². The number of unbranched alkanes of at least 4 members (excludes halogenated alkanes) is 1. The van der Waals surface area contributed by atoms with Crippen LogP contribution in [-0.2, 0) is 35.6 Å². The Morgan fingerprint density at radius 2 is 1.83 bits per heavy atom. The van der Waals surface area contributed by atoms with E-state index in [9.17, 15) is 19.2 Å². The number of rotatable bonds is 11. The Morgan fingerprint density at radius 1 is 1.14 bits per heavy atom. The molecule has 0 fully saturated rings. The zero-order chi connectivity index (χ0) is 26.4. The van der Waals surface area contributed by atoms with Gasteiger partial charge in [-0.25, -0.2) is 14.6 Å². The van der Waals surface area contributed by atoms with E-state index in [0.29, 0.717) is 48.6 Å². The van der Waals surface area contributed by atoms with Gasteiger partial charge < -0.3 is 14.2 Å². The number of H-pyrrole nitrogens is 1. The Bertz CT molecular complexity index is 1330. The van der Waals surface area contributed by atoms with Crippen LogP contribution in [0.1, 0.15) is 61.8 Å². The first-order valence-corrected chi connectivity index (χ1v) is 12.3. The summed E-state index contributed by atoms with van der Waals surface area (Å²) >= 11 is 0. The second kappa shape index (κ2) is 11.8. The summed E-state index contributed by atoms with van der Waals surface area (Å²) in [5.41, 5.74) is 1.17. The largest absolute Gasteiger partial charge is 0.465 e. The van der Waals surface area contributed by atoms with Crippen LogP contribution in [-0.4, -0.2) is 50.0 Å². The fourth-order valence-corrected chi connectivity index (χ4v) is 4.13. The molecule has 36 heavy (non-hydrogen) atoms. The zero-order valence-electron chi connectivity index (χ0n) is 21.7. The van der Waals surface area contributed by atoms with Crippen LogP contribution in [0.4, 0.5) is 0 Å². The molecule has 0 saturated carbocycles. The molecular weight excluding hydrogens is 462 g/mol. The number of methoxy groups -OCH3 is 1. The normalized spacial score (nSPS) is 11.3. The fraction of sp³-hybridized carbons (Fsp3) is 0.500. The number of aromatic amines is 1. The van der Waals surface area contributed by atoms with E-state index in [1.807, 2.05) is 25.3 Å². The Hall–Kier alpha value is -3.69. The van der Waals surface area contributed by atoms with Gasteiger partial charge in [0.25, 0.3) is 5.56 Å². The summed E-state index contributed by atoms with van der Waals surface area (Å²) in [5, 5.41) is 0. The predicted octanol–water partition coefficient (Wildman–Crippen LogP) is 2.72. The zero-order valence-corrected chi connectivity index (χ0v) is 21.7. The fourth-order valence-electron chi connectivity index (χ4n) is 4.13. The molecule has 0 atom stereocenters. The molecule has 2 heterocycles. The van der Waals surface area contributed by atoms with Gasteiger partial charge >= 0.3 is 11.7 Å². The summed E-state index contributed by atoms with van der Waals surface area (Å²) in [6.45, 7) is 7.53. The van der Waals surface area contributed by atoms with E-state index in [1.54, 1.807) is 36.2 Å². The van der Waals surface area contributed by atoms with Crippen molar-refractivity contribution in [1.29, 1.82) is 0 Å². The highest BCUT2D eigenvalue weighted by Gasteiger charge is 2.20. The number of hydrogen-bond donors (Lipinski definition) is 1. The third-order valence-corrected chi connectivity index (χ3v) is 6.03. The van der Waals surface area contributed by atoms with Crippen molar-refractivity contribution in [3.63, 3.8) is 0 Å². The van der Waals surface area contributed by atoms with E-state index >= 15 is 0 Å². The smallest absolute Gasteiger partial charge is 0.337 e. The topological polar surface area (TPSA) is 119 Å². The number of esters is 1. The highest BCUT2D eigenvalue weighted by Crippen LogP contribution is 2.17. The second-order valence-corrected chi connectivity index (χ2v) is 9.41. The maximum Gasteiger partial charge on any atom is 0.337 e. The van der Waals surface area contributed by atoms with Crippen LogP contribution in [0.15, 0.2) is 33.9 Å². The standard InChI is InChI=1S/C26H35N5O5/c1-6-7-14-30-23-22(24(33)28-26(30)35)31(15-17(2)3)20(27-23)12-13-21(32)29(4)16-18-8-10-19(11-9-18)25(34)36-5/h8-11,17H,6-7,12-16H2,1-5H3,(H,28,33,35). The number of aromatic nitrogens is 4. The molecule has 0 aliphatic carbocycles. The molecule has 10 nitrogen and oxygen atoms in total. The molecular formula is C26H35N5O5. The number of fused-ring (bicyclic) bond motifs is 1. The molecule has 1 aromatic carbocycles. The number of carbonyl (C=O) groups is 2. The summed E-state index contributed by atoms with van der Waals surface area (Å²) in [5.74, 6) is 0.369. The maximum atomic E-state index is 12.9. The highest BCUT2D eigenvalue weighted by atomic mass is 16.5. The quantitative estimate of drug-likeness (QED) is 0.407. The van der Waals surface area contributed by atoms with Crippen LogP contribution in [0.25, 0.3) is 11.2 Å². The monoisotopic (exact) mass is 497 g/mol. The number of imidazole rings is 1. The van der Waals surface area contributed by atoms with Gasteiger partial charge in [-0.15, -0.1) is 0 Å². The number of nitrogens with one attached hydrogen (secondary N) is 1. The minimum atomic E-state index is -0.462. The van der Waals surface area contributed by atoms with Crippen molar-refractivity contribution in [2.45, 2.75) is 66.1 Å². The summed E-state index contributed by atoms with van der Waals surface area (Å²) < 4.78 is 8.08. The number of benzene rings is 1. The van der Waals surface area contributed by atoms with E-state index in [2.05, 4.69) is 9.97 Å². The molecule has 0 unspecified atom stereocenters. The van der Waals surface area contributed by atoms with Gasteiger partial charge in [0.1, 0.15) is 5.82 Å². The number of ether oxygens (including phenoxy) is 1. The van der Waals surface area contributed by atoms with E-state index in [1.165, 1.54) is 11.7 Å². The molecule has 10 heteroatoms. The summed E-state index contributed by atoms with van der Waals surface area (Å²) in [7, 11) is 3.05. The Labute approximate surface area is 209 Å². The SMILES string of the molecule is CCCCn1c(=O)[nH]c(=O)c2c1nc(CCC(=O)N(C)Cc1ccc(C(=O)OC)cc1)n2CC(C)C. The number of carbonyl (C=O) groups excluding carboxylic acids is 2. The van der Waals surface area contributed by atoms with Crippen LogP contribution in [0.2, 0.25) is 0 Å². The number of amides is 1. The first-order chi connectivity index (χ1) is 17.2. The van der Waals surface area contributed by atoms with E-state index in [4.69, 9.17) is 4.74 Å². The molecule has 1 N–H and O–H groups in total.